The molecule has 0 saturated carbocycles. The monoisotopic (exact) mass is 223 g/mol. The second kappa shape index (κ2) is 5.02. The number of carbonyl (C=O) groups is 1. The van der Waals surface area contributed by atoms with Crippen molar-refractivity contribution in [3.63, 3.8) is 0 Å². The van der Waals surface area contributed by atoms with Crippen LogP contribution in [0.3, 0.4) is 0 Å². The summed E-state index contributed by atoms with van der Waals surface area (Å²) < 4.78 is 10.6. The average molecular weight is 223 g/mol. The van der Waals surface area contributed by atoms with Gasteiger partial charge < -0.3 is 15.1 Å². The molecule has 1 aliphatic heterocycles. The van der Waals surface area contributed by atoms with Crippen LogP contribution in [0.15, 0.2) is 12.2 Å². The second-order valence-electron chi connectivity index (χ2n) is 4.38. The third kappa shape index (κ3) is 2.02. The van der Waals surface area contributed by atoms with Gasteiger partial charge in [0, 0.05) is 0 Å². The van der Waals surface area contributed by atoms with E-state index < -0.39 is 0 Å². The normalized spacial score (nSPS) is 31.9. The molecular weight excluding hydrogens is 205 g/mol. The predicted molar refractivity (Wildman–Crippen MR) is 61.8 cm³/mol. The van der Waals surface area contributed by atoms with Crippen LogP contribution in [0, 0.1) is 11.8 Å². The number of rotatable bonds is 4. The van der Waals surface area contributed by atoms with Crippen LogP contribution < -0.4 is 5.73 Å². The molecule has 2 aliphatic rings. The minimum atomic E-state index is -0.136. The molecule has 2 N–H and O–H groups in total. The lowest BCUT2D eigenvalue weighted by molar-refractivity contribution is -0.144. The molecule has 0 aromatic heterocycles. The van der Waals surface area contributed by atoms with Crippen LogP contribution in [0.25, 0.3) is 0 Å². The highest BCUT2D eigenvalue weighted by Gasteiger charge is 2.51. The van der Waals surface area contributed by atoms with Crippen LogP contribution in [0.2, 0.25) is 12.1 Å². The Balaban J connectivity index is 2.08. The third-order valence-corrected chi connectivity index (χ3v) is 3.58. The first kappa shape index (κ1) is 11.7. The van der Waals surface area contributed by atoms with Crippen molar-refractivity contribution >= 4 is 12.9 Å². The fraction of sp³-hybridized carbons (Fsp3) is 0.727. The van der Waals surface area contributed by atoms with E-state index in [9.17, 15) is 4.79 Å². The summed E-state index contributed by atoms with van der Waals surface area (Å²) in [4.78, 5) is 11.9. The minimum Gasteiger partial charge on any atom is -0.466 e. The van der Waals surface area contributed by atoms with Crippen LogP contribution in [-0.2, 0) is 14.2 Å². The van der Waals surface area contributed by atoms with Gasteiger partial charge in [-0.2, -0.15) is 0 Å². The summed E-state index contributed by atoms with van der Waals surface area (Å²) in [6.07, 6.45) is 6.19. The summed E-state index contributed by atoms with van der Waals surface area (Å²) in [5.74, 6) is 0.558. The van der Waals surface area contributed by atoms with Gasteiger partial charge in [0.25, 0.3) is 0 Å². The van der Waals surface area contributed by atoms with Gasteiger partial charge in [-0.05, 0) is 31.5 Å². The first-order chi connectivity index (χ1) is 7.77. The molecule has 1 fully saturated rings. The van der Waals surface area contributed by atoms with Crippen molar-refractivity contribution < 1.29 is 14.2 Å². The molecule has 4 nitrogen and oxygen atoms in total. The van der Waals surface area contributed by atoms with Gasteiger partial charge in [-0.25, -0.2) is 0 Å². The van der Waals surface area contributed by atoms with Gasteiger partial charge in [0.15, 0.2) is 0 Å². The van der Waals surface area contributed by atoms with Crippen molar-refractivity contribution in [2.24, 2.45) is 17.6 Å². The Bertz CT molecular complexity index is 295. The van der Waals surface area contributed by atoms with Gasteiger partial charge >= 0.3 is 12.9 Å². The number of hydrogen-bond acceptors (Lipinski definition) is 4. The van der Waals surface area contributed by atoms with E-state index in [1.807, 2.05) is 6.92 Å². The van der Waals surface area contributed by atoms with Crippen molar-refractivity contribution in [2.75, 3.05) is 13.3 Å². The van der Waals surface area contributed by atoms with E-state index >= 15 is 0 Å². The zero-order valence-corrected chi connectivity index (χ0v) is 9.59. The van der Waals surface area contributed by atoms with Crippen LogP contribution >= 0.6 is 0 Å². The molecule has 0 bridgehead atoms. The van der Waals surface area contributed by atoms with Crippen molar-refractivity contribution in [1.29, 1.82) is 0 Å². The van der Waals surface area contributed by atoms with E-state index in [2.05, 4.69) is 12.2 Å². The molecule has 0 spiro atoms. The Labute approximate surface area is 96.3 Å². The highest BCUT2D eigenvalue weighted by atomic mass is 16.5. The van der Waals surface area contributed by atoms with Gasteiger partial charge in [-0.3, -0.25) is 4.79 Å². The molecule has 1 heterocycles. The Morgan fingerprint density at radius 3 is 3.12 bits per heavy atom. The molecule has 1 aliphatic carbocycles. The number of carbonyl (C=O) groups excluding carboxylic acids is 1. The Morgan fingerprint density at radius 1 is 1.62 bits per heavy atom. The number of fused-ring (bicyclic) bond motifs is 1. The first-order valence-corrected chi connectivity index (χ1v) is 5.92. The second-order valence-corrected chi connectivity index (χ2v) is 4.38. The van der Waals surface area contributed by atoms with E-state index in [0.717, 1.165) is 12.7 Å². The number of esters is 1. The standard InChI is InChI=1S/C11H18BNO3/c1-2-15-11(14)10-9-5-3-4-8(9)6-12(10)16-7-13/h3-4,8-10H,2,5-7,13H2,1H3/t8-,9-,10?/m0/s1. The molecule has 0 aromatic rings. The van der Waals surface area contributed by atoms with Gasteiger partial charge in [-0.1, -0.05) is 12.2 Å². The van der Waals surface area contributed by atoms with E-state index in [1.165, 1.54) is 0 Å². The van der Waals surface area contributed by atoms with Gasteiger partial charge in [0.2, 0.25) is 0 Å². The molecule has 88 valence electrons. The third-order valence-electron chi connectivity index (χ3n) is 3.58. The summed E-state index contributed by atoms with van der Waals surface area (Å²) >= 11 is 0. The van der Waals surface area contributed by atoms with E-state index in [4.69, 9.17) is 15.1 Å². The highest BCUT2D eigenvalue weighted by Crippen LogP contribution is 2.48. The summed E-state index contributed by atoms with van der Waals surface area (Å²) in [5, 5.41) is 0. The smallest absolute Gasteiger partial charge is 0.309 e. The molecule has 5 heteroatoms. The lowest BCUT2D eigenvalue weighted by Gasteiger charge is -2.19. The lowest BCUT2D eigenvalue weighted by Crippen LogP contribution is -2.31. The highest BCUT2D eigenvalue weighted by molar-refractivity contribution is 6.59. The number of allylic oxidation sites excluding steroid dienone is 2. The van der Waals surface area contributed by atoms with Crippen LogP contribution in [0.1, 0.15) is 13.3 Å². The zero-order valence-electron chi connectivity index (χ0n) is 9.59. The van der Waals surface area contributed by atoms with E-state index in [0.29, 0.717) is 18.4 Å². The summed E-state index contributed by atoms with van der Waals surface area (Å²) in [6.45, 7) is 2.36. The topological polar surface area (TPSA) is 61.5 Å². The molecule has 0 radical (unpaired) electrons. The number of ether oxygens (including phenoxy) is 1. The van der Waals surface area contributed by atoms with Crippen LogP contribution in [0.5, 0.6) is 0 Å². The average Bonchev–Trinajstić information content (AvgIpc) is 2.77. The van der Waals surface area contributed by atoms with Gasteiger partial charge in [0.1, 0.15) is 0 Å². The molecule has 16 heavy (non-hydrogen) atoms. The summed E-state index contributed by atoms with van der Waals surface area (Å²) in [7, 11) is 0. The molecule has 0 amide bonds. The fourth-order valence-electron chi connectivity index (χ4n) is 2.95. The summed E-state index contributed by atoms with van der Waals surface area (Å²) in [6, 6.07) is 0. The molecule has 0 aromatic carbocycles. The quantitative estimate of drug-likeness (QED) is 0.335. The van der Waals surface area contributed by atoms with Crippen molar-refractivity contribution in [3.8, 4) is 0 Å². The first-order valence-electron chi connectivity index (χ1n) is 5.92. The molecule has 2 rings (SSSR count). The molecule has 3 atom stereocenters. The predicted octanol–water partition coefficient (Wildman–Crippen LogP) is 1.05. The lowest BCUT2D eigenvalue weighted by atomic mass is 9.56. The van der Waals surface area contributed by atoms with E-state index in [1.54, 1.807) is 0 Å². The molecule has 1 saturated heterocycles. The number of hydrogen-bond donors (Lipinski definition) is 1. The van der Waals surface area contributed by atoms with Gasteiger partial charge in [-0.15, -0.1) is 0 Å². The minimum absolute atomic E-state index is 0.0657. The van der Waals surface area contributed by atoms with E-state index in [-0.39, 0.29) is 25.4 Å². The molecular formula is C11H18BNO3. The Morgan fingerprint density at radius 2 is 2.44 bits per heavy atom. The van der Waals surface area contributed by atoms with Gasteiger partial charge in [0.05, 0.1) is 19.2 Å². The van der Waals surface area contributed by atoms with Crippen LogP contribution in [0.4, 0.5) is 0 Å². The Kier molecular flexibility index (Phi) is 3.66. The zero-order chi connectivity index (χ0) is 11.5. The Hall–Kier alpha value is -0.805. The van der Waals surface area contributed by atoms with Crippen molar-refractivity contribution in [2.45, 2.75) is 25.5 Å². The fourth-order valence-corrected chi connectivity index (χ4v) is 2.95. The maximum atomic E-state index is 11.9. The number of nitrogens with two attached hydrogens (primary N) is 1. The van der Waals surface area contributed by atoms with Crippen LogP contribution in [-0.4, -0.2) is 26.2 Å². The van der Waals surface area contributed by atoms with Crippen molar-refractivity contribution in [3.05, 3.63) is 12.2 Å². The largest absolute Gasteiger partial charge is 0.466 e. The molecule has 1 unspecified atom stereocenters. The SMILES string of the molecule is CCOC(=O)C1B(OCN)C[C@@H]2C=CC[C@H]12. The van der Waals surface area contributed by atoms with Crippen molar-refractivity contribution in [1.82, 2.24) is 0 Å². The summed E-state index contributed by atoms with van der Waals surface area (Å²) in [5.41, 5.74) is 5.40. The maximum Gasteiger partial charge on any atom is 0.309 e. The maximum absolute atomic E-state index is 11.9.